The molecule has 0 aliphatic carbocycles. The van der Waals surface area contributed by atoms with Gasteiger partial charge in [0.2, 0.25) is 0 Å². The van der Waals surface area contributed by atoms with E-state index >= 15 is 0 Å². The number of hydrogen-bond acceptors (Lipinski definition) is 3. The second kappa shape index (κ2) is 4.73. The van der Waals surface area contributed by atoms with E-state index in [1.54, 1.807) is 6.20 Å². The first-order valence-corrected chi connectivity index (χ1v) is 5.24. The van der Waals surface area contributed by atoms with Crippen LogP contribution >= 0.6 is 0 Å². The fraction of sp³-hybridized carbons (Fsp3) is 0.583. The van der Waals surface area contributed by atoms with Gasteiger partial charge in [-0.3, -0.25) is 4.98 Å². The zero-order valence-electron chi connectivity index (χ0n) is 9.91. The summed E-state index contributed by atoms with van der Waals surface area (Å²) in [5.74, 6) is 0. The van der Waals surface area contributed by atoms with Gasteiger partial charge < -0.3 is 10.4 Å². The van der Waals surface area contributed by atoms with Gasteiger partial charge in [0.25, 0.3) is 0 Å². The fourth-order valence-corrected chi connectivity index (χ4v) is 1.18. The lowest BCUT2D eigenvalue weighted by molar-refractivity contribution is 0.159. The van der Waals surface area contributed by atoms with E-state index in [9.17, 15) is 5.11 Å². The number of nitrogens with one attached hydrogen (secondary N) is 1. The van der Waals surface area contributed by atoms with E-state index in [4.69, 9.17) is 0 Å². The molecule has 1 atom stereocenters. The van der Waals surface area contributed by atoms with Crippen molar-refractivity contribution >= 4 is 0 Å². The molecule has 84 valence electrons. The van der Waals surface area contributed by atoms with Crippen molar-refractivity contribution in [3.8, 4) is 0 Å². The number of aliphatic hydroxyl groups is 1. The molecule has 0 bridgehead atoms. The average molecular weight is 208 g/mol. The van der Waals surface area contributed by atoms with Crippen molar-refractivity contribution in [1.29, 1.82) is 0 Å². The molecule has 0 saturated heterocycles. The van der Waals surface area contributed by atoms with Crippen LogP contribution in [0, 0.1) is 6.92 Å². The Morgan fingerprint density at radius 2 is 2.07 bits per heavy atom. The molecule has 0 radical (unpaired) electrons. The summed E-state index contributed by atoms with van der Waals surface area (Å²) in [5.41, 5.74) is 1.85. The Morgan fingerprint density at radius 3 is 2.53 bits per heavy atom. The monoisotopic (exact) mass is 208 g/mol. The molecular weight excluding hydrogens is 188 g/mol. The van der Waals surface area contributed by atoms with Gasteiger partial charge in [0.05, 0.1) is 5.69 Å². The van der Waals surface area contributed by atoms with Gasteiger partial charge in [0.15, 0.2) is 0 Å². The number of hydrogen-bond donors (Lipinski definition) is 2. The van der Waals surface area contributed by atoms with Crippen molar-refractivity contribution in [3.63, 3.8) is 0 Å². The minimum atomic E-state index is -0.537. The third-order valence-electron chi connectivity index (χ3n) is 2.10. The van der Waals surface area contributed by atoms with Gasteiger partial charge >= 0.3 is 0 Å². The highest BCUT2D eigenvalue weighted by atomic mass is 16.3. The highest BCUT2D eigenvalue weighted by molar-refractivity contribution is 5.14. The molecule has 15 heavy (non-hydrogen) atoms. The highest BCUT2D eigenvalue weighted by Crippen LogP contribution is 2.10. The second-order valence-electron chi connectivity index (χ2n) is 4.91. The van der Waals surface area contributed by atoms with Gasteiger partial charge in [-0.05, 0) is 39.3 Å². The van der Waals surface area contributed by atoms with Crippen LogP contribution in [0.4, 0.5) is 0 Å². The normalized spacial score (nSPS) is 13.9. The van der Waals surface area contributed by atoms with Crippen LogP contribution in [0.1, 0.15) is 38.1 Å². The Kier molecular flexibility index (Phi) is 3.83. The number of β-amino-alcohol motifs (C(OH)–C–C–N with tert-alkyl or cyclic N) is 1. The SMILES string of the molecule is Cc1ccc([C@@H](O)CNC(C)(C)C)nc1. The second-order valence-corrected chi connectivity index (χ2v) is 4.91. The Labute approximate surface area is 91.5 Å². The van der Waals surface area contributed by atoms with Gasteiger partial charge in [-0.2, -0.15) is 0 Å². The molecule has 3 nitrogen and oxygen atoms in total. The standard InChI is InChI=1S/C12H20N2O/c1-9-5-6-10(13-7-9)11(15)8-14-12(2,3)4/h5-7,11,14-15H,8H2,1-4H3/t11-/m0/s1. The molecular formula is C12H20N2O. The molecule has 0 aliphatic rings. The van der Waals surface area contributed by atoms with Gasteiger partial charge in [0.1, 0.15) is 6.10 Å². The van der Waals surface area contributed by atoms with E-state index in [0.29, 0.717) is 6.54 Å². The third kappa shape index (κ3) is 4.40. The average Bonchev–Trinajstić information content (AvgIpc) is 2.14. The molecule has 0 aliphatic heterocycles. The van der Waals surface area contributed by atoms with Crippen molar-refractivity contribution in [1.82, 2.24) is 10.3 Å². The van der Waals surface area contributed by atoms with Crippen LogP contribution < -0.4 is 5.32 Å². The minimum Gasteiger partial charge on any atom is -0.385 e. The van der Waals surface area contributed by atoms with E-state index in [0.717, 1.165) is 11.3 Å². The first-order valence-electron chi connectivity index (χ1n) is 5.24. The predicted molar refractivity (Wildman–Crippen MR) is 61.7 cm³/mol. The maximum atomic E-state index is 9.85. The molecule has 2 N–H and O–H groups in total. The predicted octanol–water partition coefficient (Wildman–Crippen LogP) is 1.81. The molecule has 3 heteroatoms. The van der Waals surface area contributed by atoms with Crippen LogP contribution in [0.2, 0.25) is 0 Å². The van der Waals surface area contributed by atoms with E-state index in [1.165, 1.54) is 0 Å². The van der Waals surface area contributed by atoms with Gasteiger partial charge in [-0.25, -0.2) is 0 Å². The largest absolute Gasteiger partial charge is 0.385 e. The van der Waals surface area contributed by atoms with Crippen LogP contribution in [0.3, 0.4) is 0 Å². The molecule has 0 unspecified atom stereocenters. The van der Waals surface area contributed by atoms with Crippen LogP contribution in [0.5, 0.6) is 0 Å². The van der Waals surface area contributed by atoms with Crippen molar-refractivity contribution in [3.05, 3.63) is 29.6 Å². The van der Waals surface area contributed by atoms with E-state index in [1.807, 2.05) is 19.1 Å². The number of nitrogens with zero attached hydrogens (tertiary/aromatic N) is 1. The fourth-order valence-electron chi connectivity index (χ4n) is 1.18. The van der Waals surface area contributed by atoms with Gasteiger partial charge in [-0.1, -0.05) is 6.07 Å². The summed E-state index contributed by atoms with van der Waals surface area (Å²) < 4.78 is 0. The number of aryl methyl sites for hydroxylation is 1. The van der Waals surface area contributed by atoms with E-state index < -0.39 is 6.10 Å². The molecule has 0 spiro atoms. The van der Waals surface area contributed by atoms with Crippen molar-refractivity contribution in [2.24, 2.45) is 0 Å². The molecule has 0 saturated carbocycles. The van der Waals surface area contributed by atoms with Crippen molar-refractivity contribution < 1.29 is 5.11 Å². The summed E-state index contributed by atoms with van der Waals surface area (Å²) >= 11 is 0. The molecule has 1 aromatic rings. The summed E-state index contributed by atoms with van der Waals surface area (Å²) in [7, 11) is 0. The number of rotatable bonds is 3. The smallest absolute Gasteiger partial charge is 0.108 e. The number of aromatic nitrogens is 1. The first-order chi connectivity index (χ1) is 6.88. The lowest BCUT2D eigenvalue weighted by atomic mass is 10.1. The molecule has 0 fully saturated rings. The third-order valence-corrected chi connectivity index (χ3v) is 2.10. The summed E-state index contributed by atoms with van der Waals surface area (Å²) in [5, 5.41) is 13.1. The molecule has 1 rings (SSSR count). The minimum absolute atomic E-state index is 0.0195. The van der Waals surface area contributed by atoms with Crippen LogP contribution in [-0.2, 0) is 0 Å². The summed E-state index contributed by atoms with van der Waals surface area (Å²) in [6.07, 6.45) is 1.24. The zero-order valence-corrected chi connectivity index (χ0v) is 9.91. The highest BCUT2D eigenvalue weighted by Gasteiger charge is 2.13. The van der Waals surface area contributed by atoms with Gasteiger partial charge in [0, 0.05) is 18.3 Å². The zero-order chi connectivity index (χ0) is 11.5. The Hall–Kier alpha value is -0.930. The van der Waals surface area contributed by atoms with Crippen LogP contribution in [-0.4, -0.2) is 22.2 Å². The Bertz CT molecular complexity index is 300. The summed E-state index contributed by atoms with van der Waals surface area (Å²) in [6, 6.07) is 3.83. The Morgan fingerprint density at radius 1 is 1.40 bits per heavy atom. The lowest BCUT2D eigenvalue weighted by Gasteiger charge is -2.22. The number of pyridine rings is 1. The number of aliphatic hydroxyl groups excluding tert-OH is 1. The van der Waals surface area contributed by atoms with Crippen LogP contribution in [0.15, 0.2) is 18.3 Å². The van der Waals surface area contributed by atoms with E-state index in [-0.39, 0.29) is 5.54 Å². The topological polar surface area (TPSA) is 45.1 Å². The lowest BCUT2D eigenvalue weighted by Crippen LogP contribution is -2.38. The van der Waals surface area contributed by atoms with Crippen molar-refractivity contribution in [2.45, 2.75) is 39.3 Å². The summed E-state index contributed by atoms with van der Waals surface area (Å²) in [6.45, 7) is 8.73. The van der Waals surface area contributed by atoms with Crippen LogP contribution in [0.25, 0.3) is 0 Å². The maximum absolute atomic E-state index is 9.85. The van der Waals surface area contributed by atoms with Gasteiger partial charge in [-0.15, -0.1) is 0 Å². The maximum Gasteiger partial charge on any atom is 0.108 e. The first kappa shape index (κ1) is 12.1. The molecule has 0 aromatic carbocycles. The molecule has 1 heterocycles. The summed E-state index contributed by atoms with van der Waals surface area (Å²) in [4.78, 5) is 4.19. The van der Waals surface area contributed by atoms with Crippen molar-refractivity contribution in [2.75, 3.05) is 6.54 Å². The molecule has 0 amide bonds. The molecule has 1 aromatic heterocycles. The Balaban J connectivity index is 2.54. The quantitative estimate of drug-likeness (QED) is 0.796. The van der Waals surface area contributed by atoms with E-state index in [2.05, 4.69) is 31.1 Å².